The largest absolute Gasteiger partial charge is 0.391 e. The third kappa shape index (κ3) is 4.55. The Morgan fingerprint density at radius 1 is 1.78 bits per heavy atom. The van der Waals surface area contributed by atoms with Crippen LogP contribution in [0.15, 0.2) is 11.5 Å². The van der Waals surface area contributed by atoms with Gasteiger partial charge in [0.15, 0.2) is 0 Å². The first-order chi connectivity index (χ1) is 4.20. The maximum absolute atomic E-state index is 8.56. The summed E-state index contributed by atoms with van der Waals surface area (Å²) in [7, 11) is 0. The van der Waals surface area contributed by atoms with Gasteiger partial charge in [-0.2, -0.15) is 0 Å². The van der Waals surface area contributed by atoms with Crippen LogP contribution in [-0.4, -0.2) is 17.0 Å². The van der Waals surface area contributed by atoms with Crippen LogP contribution in [0.3, 0.4) is 0 Å². The lowest BCUT2D eigenvalue weighted by Gasteiger charge is -2.07. The molecule has 1 nitrogen and oxygen atoms in total. The van der Waals surface area contributed by atoms with Crippen molar-refractivity contribution < 1.29 is 5.11 Å². The lowest BCUT2D eigenvalue weighted by atomic mass is 10.4. The van der Waals surface area contributed by atoms with Crippen molar-refractivity contribution in [3.8, 4) is 0 Å². The average molecular weight is 146 g/mol. The number of rotatable bonds is 4. The van der Waals surface area contributed by atoms with Gasteiger partial charge in [-0.05, 0) is 6.42 Å². The highest BCUT2D eigenvalue weighted by Gasteiger charge is 1.99. The van der Waals surface area contributed by atoms with Crippen LogP contribution in [0.4, 0.5) is 0 Å². The Bertz CT molecular complexity index is 90.9. The van der Waals surface area contributed by atoms with E-state index in [1.165, 1.54) is 0 Å². The fraction of sp³-hybridized carbons (Fsp3) is 0.714. The number of hydrogen-bond acceptors (Lipinski definition) is 2. The Balaban J connectivity index is 3.34. The van der Waals surface area contributed by atoms with Crippen LogP contribution in [0, 0.1) is 0 Å². The van der Waals surface area contributed by atoms with Gasteiger partial charge in [-0.1, -0.05) is 20.4 Å². The van der Waals surface area contributed by atoms with Crippen molar-refractivity contribution in [1.82, 2.24) is 0 Å². The predicted octanol–water partition coefficient (Wildman–Crippen LogP) is 2.02. The zero-order valence-electron chi connectivity index (χ0n) is 6.05. The molecule has 0 amide bonds. The second-order valence-corrected chi connectivity index (χ2v) is 3.65. The highest BCUT2D eigenvalue weighted by molar-refractivity contribution is 8.03. The molecule has 0 aromatic carbocycles. The zero-order chi connectivity index (χ0) is 7.28. The van der Waals surface area contributed by atoms with E-state index in [0.717, 1.165) is 11.3 Å². The number of aliphatic hydroxyl groups excluding tert-OH is 1. The van der Waals surface area contributed by atoms with Crippen molar-refractivity contribution in [3.05, 3.63) is 11.5 Å². The van der Waals surface area contributed by atoms with Crippen LogP contribution < -0.4 is 0 Å². The smallest absolute Gasteiger partial charge is 0.0734 e. The van der Waals surface area contributed by atoms with Crippen molar-refractivity contribution in [1.29, 1.82) is 0 Å². The van der Waals surface area contributed by atoms with E-state index in [4.69, 9.17) is 5.11 Å². The average Bonchev–Trinajstić information content (AvgIpc) is 1.87. The Hall–Kier alpha value is 0.0500. The van der Waals surface area contributed by atoms with E-state index < -0.39 is 0 Å². The highest BCUT2D eigenvalue weighted by Crippen LogP contribution is 2.20. The quantitative estimate of drug-likeness (QED) is 0.655. The Morgan fingerprint density at radius 3 is 2.67 bits per heavy atom. The van der Waals surface area contributed by atoms with Gasteiger partial charge in [0, 0.05) is 10.2 Å². The van der Waals surface area contributed by atoms with Crippen LogP contribution in [0.5, 0.6) is 0 Å². The molecular formula is C7H14OS. The molecule has 0 radical (unpaired) electrons. The Morgan fingerprint density at radius 2 is 2.33 bits per heavy atom. The van der Waals surface area contributed by atoms with Gasteiger partial charge >= 0.3 is 0 Å². The van der Waals surface area contributed by atoms with Gasteiger partial charge in [-0.15, -0.1) is 11.8 Å². The van der Waals surface area contributed by atoms with E-state index in [2.05, 4.69) is 20.4 Å². The van der Waals surface area contributed by atoms with E-state index >= 15 is 0 Å². The Labute approximate surface area is 61.2 Å². The van der Waals surface area contributed by atoms with E-state index in [-0.39, 0.29) is 6.61 Å². The number of thioether (sulfide) groups is 1. The topological polar surface area (TPSA) is 20.2 Å². The molecule has 0 aliphatic heterocycles. The fourth-order valence-corrected chi connectivity index (χ4v) is 1.22. The summed E-state index contributed by atoms with van der Waals surface area (Å²) >= 11 is 1.66. The summed E-state index contributed by atoms with van der Waals surface area (Å²) in [6.45, 7) is 8.04. The van der Waals surface area contributed by atoms with E-state index in [1.54, 1.807) is 11.8 Å². The molecule has 0 aromatic heterocycles. The zero-order valence-corrected chi connectivity index (χ0v) is 6.87. The maximum Gasteiger partial charge on any atom is 0.0734 e. The molecule has 1 unspecified atom stereocenters. The third-order valence-corrected chi connectivity index (χ3v) is 2.32. The standard InChI is InChI=1S/C7H14OS/c1-4-6(2)9-7(3)5-8/h6,8H,3-5H2,1-2H3. The van der Waals surface area contributed by atoms with Crippen molar-refractivity contribution >= 4 is 11.8 Å². The van der Waals surface area contributed by atoms with Gasteiger partial charge < -0.3 is 5.11 Å². The number of hydrogen-bond donors (Lipinski definition) is 1. The van der Waals surface area contributed by atoms with E-state index in [0.29, 0.717) is 5.25 Å². The van der Waals surface area contributed by atoms with Crippen molar-refractivity contribution in [2.75, 3.05) is 6.61 Å². The van der Waals surface area contributed by atoms with Gasteiger partial charge in [-0.3, -0.25) is 0 Å². The van der Waals surface area contributed by atoms with Crippen molar-refractivity contribution in [2.24, 2.45) is 0 Å². The molecule has 0 aromatic rings. The van der Waals surface area contributed by atoms with Crippen molar-refractivity contribution in [3.63, 3.8) is 0 Å². The summed E-state index contributed by atoms with van der Waals surface area (Å²) in [4.78, 5) is 0.865. The first-order valence-corrected chi connectivity index (χ1v) is 4.04. The van der Waals surface area contributed by atoms with Crippen LogP contribution in [0.1, 0.15) is 20.3 Å². The molecule has 0 saturated carbocycles. The number of aliphatic hydroxyl groups is 1. The van der Waals surface area contributed by atoms with E-state index in [9.17, 15) is 0 Å². The summed E-state index contributed by atoms with van der Waals surface area (Å²) < 4.78 is 0. The van der Waals surface area contributed by atoms with Crippen LogP contribution in [0.25, 0.3) is 0 Å². The predicted molar refractivity (Wildman–Crippen MR) is 43.6 cm³/mol. The second kappa shape index (κ2) is 4.89. The molecule has 0 aliphatic rings. The van der Waals surface area contributed by atoms with Gasteiger partial charge in [0.05, 0.1) is 6.61 Å². The molecule has 1 N–H and O–H groups in total. The molecule has 0 fully saturated rings. The minimum atomic E-state index is 0.106. The molecule has 9 heavy (non-hydrogen) atoms. The maximum atomic E-state index is 8.56. The third-order valence-electron chi connectivity index (χ3n) is 1.12. The minimum Gasteiger partial charge on any atom is -0.391 e. The highest BCUT2D eigenvalue weighted by atomic mass is 32.2. The van der Waals surface area contributed by atoms with Gasteiger partial charge in [0.25, 0.3) is 0 Å². The SMILES string of the molecule is C=C(CO)SC(C)CC. The van der Waals surface area contributed by atoms with Crippen molar-refractivity contribution in [2.45, 2.75) is 25.5 Å². The van der Waals surface area contributed by atoms with Crippen LogP contribution >= 0.6 is 11.8 Å². The van der Waals surface area contributed by atoms with Gasteiger partial charge in [-0.25, -0.2) is 0 Å². The summed E-state index contributed by atoms with van der Waals surface area (Å²) in [6.07, 6.45) is 1.13. The normalized spacial score (nSPS) is 13.2. The first kappa shape index (κ1) is 9.05. The summed E-state index contributed by atoms with van der Waals surface area (Å²) in [5.41, 5.74) is 0. The molecule has 1 atom stereocenters. The fourth-order valence-electron chi connectivity index (χ4n) is 0.405. The molecule has 0 rings (SSSR count). The second-order valence-electron chi connectivity index (χ2n) is 2.03. The molecular weight excluding hydrogens is 132 g/mol. The molecule has 0 bridgehead atoms. The monoisotopic (exact) mass is 146 g/mol. The molecule has 0 saturated heterocycles. The van der Waals surface area contributed by atoms with E-state index in [1.807, 2.05) is 0 Å². The van der Waals surface area contributed by atoms with Crippen LogP contribution in [-0.2, 0) is 0 Å². The first-order valence-electron chi connectivity index (χ1n) is 3.16. The molecule has 0 spiro atoms. The lowest BCUT2D eigenvalue weighted by Crippen LogP contribution is -1.94. The molecule has 0 heterocycles. The summed E-state index contributed by atoms with van der Waals surface area (Å²) in [5, 5.41) is 9.15. The molecule has 2 heteroatoms. The Kier molecular flexibility index (Phi) is 4.91. The molecule has 54 valence electrons. The summed E-state index contributed by atoms with van der Waals surface area (Å²) in [5.74, 6) is 0. The summed E-state index contributed by atoms with van der Waals surface area (Å²) in [6, 6.07) is 0. The lowest BCUT2D eigenvalue weighted by molar-refractivity contribution is 0.340. The molecule has 0 aliphatic carbocycles. The van der Waals surface area contributed by atoms with Gasteiger partial charge in [0.2, 0.25) is 0 Å². The van der Waals surface area contributed by atoms with Crippen LogP contribution in [0.2, 0.25) is 0 Å². The van der Waals surface area contributed by atoms with Gasteiger partial charge in [0.1, 0.15) is 0 Å². The minimum absolute atomic E-state index is 0.106.